The molecular formula is C15H13N3O3. The van der Waals surface area contributed by atoms with Crippen LogP contribution >= 0.6 is 0 Å². The molecule has 2 aromatic heterocycles. The van der Waals surface area contributed by atoms with Gasteiger partial charge in [0.05, 0.1) is 12.6 Å². The summed E-state index contributed by atoms with van der Waals surface area (Å²) in [4.78, 5) is 16.2. The average Bonchev–Trinajstić information content (AvgIpc) is 2.91. The molecule has 21 heavy (non-hydrogen) atoms. The highest BCUT2D eigenvalue weighted by atomic mass is 16.5. The Morgan fingerprint density at radius 3 is 2.71 bits per heavy atom. The first-order valence-corrected chi connectivity index (χ1v) is 6.32. The average molecular weight is 283 g/mol. The minimum Gasteiger partial charge on any atom is -0.480 e. The number of methoxy groups -OCH3 is 1. The summed E-state index contributed by atoms with van der Waals surface area (Å²) in [6.07, 6.45) is 0. The minimum atomic E-state index is -0.624. The van der Waals surface area contributed by atoms with Gasteiger partial charge in [0, 0.05) is 17.0 Å². The van der Waals surface area contributed by atoms with Gasteiger partial charge in [0.2, 0.25) is 5.88 Å². The predicted molar refractivity (Wildman–Crippen MR) is 77.0 cm³/mol. The van der Waals surface area contributed by atoms with Crippen LogP contribution < -0.4 is 10.5 Å². The zero-order valence-corrected chi connectivity index (χ0v) is 11.6. The van der Waals surface area contributed by atoms with Crippen LogP contribution in [0.3, 0.4) is 0 Å². The molecule has 2 heterocycles. The maximum atomic E-state index is 11.9. The second-order valence-corrected chi connectivity index (χ2v) is 4.58. The van der Waals surface area contributed by atoms with Crippen molar-refractivity contribution in [3.05, 3.63) is 41.7 Å². The highest BCUT2D eigenvalue weighted by molar-refractivity contribution is 6.09. The Kier molecular flexibility index (Phi) is 3.06. The number of para-hydroxylation sites is 1. The summed E-state index contributed by atoms with van der Waals surface area (Å²) in [6, 6.07) is 9.15. The third-order valence-corrected chi connectivity index (χ3v) is 3.18. The van der Waals surface area contributed by atoms with E-state index in [9.17, 15) is 4.79 Å². The van der Waals surface area contributed by atoms with Gasteiger partial charge in [-0.2, -0.15) is 0 Å². The number of hydrogen-bond acceptors (Lipinski definition) is 5. The van der Waals surface area contributed by atoms with E-state index in [-0.39, 0.29) is 11.4 Å². The van der Waals surface area contributed by atoms with Gasteiger partial charge in [-0.3, -0.25) is 4.79 Å². The normalized spacial score (nSPS) is 10.8. The monoisotopic (exact) mass is 283 g/mol. The van der Waals surface area contributed by atoms with E-state index in [1.54, 1.807) is 13.0 Å². The van der Waals surface area contributed by atoms with Crippen molar-refractivity contribution in [1.82, 2.24) is 10.1 Å². The molecule has 1 amide bonds. The van der Waals surface area contributed by atoms with E-state index in [0.29, 0.717) is 22.5 Å². The van der Waals surface area contributed by atoms with E-state index in [4.69, 9.17) is 15.0 Å². The highest BCUT2D eigenvalue weighted by Crippen LogP contribution is 2.35. The number of carbonyl (C=O) groups is 1. The number of hydrogen-bond donors (Lipinski definition) is 1. The van der Waals surface area contributed by atoms with Gasteiger partial charge in [-0.05, 0) is 13.0 Å². The van der Waals surface area contributed by atoms with E-state index >= 15 is 0 Å². The molecule has 1 aromatic carbocycles. The van der Waals surface area contributed by atoms with Crippen molar-refractivity contribution in [3.8, 4) is 17.1 Å². The second kappa shape index (κ2) is 4.90. The van der Waals surface area contributed by atoms with Crippen molar-refractivity contribution in [2.45, 2.75) is 6.92 Å². The first kappa shape index (κ1) is 13.1. The van der Waals surface area contributed by atoms with Gasteiger partial charge in [-0.1, -0.05) is 23.4 Å². The van der Waals surface area contributed by atoms with Crippen LogP contribution in [0.2, 0.25) is 0 Å². The lowest BCUT2D eigenvalue weighted by Gasteiger charge is -2.12. The summed E-state index contributed by atoms with van der Waals surface area (Å²) in [5, 5.41) is 4.75. The zero-order chi connectivity index (χ0) is 15.0. The van der Waals surface area contributed by atoms with Gasteiger partial charge >= 0.3 is 0 Å². The standard InChI is InChI=1S/C15H13N3O3/c1-8-7-11(18-21-8)12-9-5-3-4-6-10(9)17-15(20-2)13(12)14(16)19/h3-7H,1-2H3,(H2,16,19). The molecule has 0 saturated carbocycles. The summed E-state index contributed by atoms with van der Waals surface area (Å²) >= 11 is 0. The fourth-order valence-corrected chi connectivity index (χ4v) is 2.32. The van der Waals surface area contributed by atoms with Gasteiger partial charge < -0.3 is 15.0 Å². The van der Waals surface area contributed by atoms with E-state index in [2.05, 4.69) is 10.1 Å². The Morgan fingerprint density at radius 2 is 2.10 bits per heavy atom. The summed E-state index contributed by atoms with van der Waals surface area (Å²) in [5.41, 5.74) is 7.49. The summed E-state index contributed by atoms with van der Waals surface area (Å²) < 4.78 is 10.3. The van der Waals surface area contributed by atoms with E-state index in [0.717, 1.165) is 5.39 Å². The van der Waals surface area contributed by atoms with Crippen molar-refractivity contribution in [2.24, 2.45) is 5.73 Å². The molecule has 3 aromatic rings. The van der Waals surface area contributed by atoms with Gasteiger partial charge in [-0.25, -0.2) is 4.98 Å². The number of nitrogens with two attached hydrogens (primary N) is 1. The molecule has 6 heteroatoms. The lowest BCUT2D eigenvalue weighted by molar-refractivity contribution is 0.0997. The lowest BCUT2D eigenvalue weighted by Crippen LogP contribution is -2.15. The largest absolute Gasteiger partial charge is 0.480 e. The van der Waals surface area contributed by atoms with Crippen LogP contribution in [0, 0.1) is 6.92 Å². The van der Waals surface area contributed by atoms with E-state index in [1.165, 1.54) is 7.11 Å². The van der Waals surface area contributed by atoms with Gasteiger partial charge in [0.1, 0.15) is 17.0 Å². The van der Waals surface area contributed by atoms with Crippen LogP contribution in [0.15, 0.2) is 34.9 Å². The van der Waals surface area contributed by atoms with E-state index in [1.807, 2.05) is 24.3 Å². The Balaban J connectivity index is 2.47. The third kappa shape index (κ3) is 2.10. The van der Waals surface area contributed by atoms with Crippen LogP contribution in [0.1, 0.15) is 16.1 Å². The first-order valence-electron chi connectivity index (χ1n) is 6.32. The Labute approximate surface area is 120 Å². The molecule has 106 valence electrons. The topological polar surface area (TPSA) is 91.2 Å². The number of primary amides is 1. The molecule has 0 atom stereocenters. The molecule has 0 spiro atoms. The minimum absolute atomic E-state index is 0.178. The van der Waals surface area contributed by atoms with Crippen molar-refractivity contribution in [3.63, 3.8) is 0 Å². The van der Waals surface area contributed by atoms with Crippen molar-refractivity contribution in [2.75, 3.05) is 7.11 Å². The number of carbonyl (C=O) groups excluding carboxylic acids is 1. The number of pyridine rings is 1. The van der Waals surface area contributed by atoms with Crippen LogP contribution in [0.5, 0.6) is 5.88 Å². The number of ether oxygens (including phenoxy) is 1. The number of amides is 1. The molecule has 0 fully saturated rings. The van der Waals surface area contributed by atoms with Crippen molar-refractivity contribution < 1.29 is 14.1 Å². The molecule has 3 rings (SSSR count). The molecular weight excluding hydrogens is 270 g/mol. The van der Waals surface area contributed by atoms with Crippen LogP contribution in [0.25, 0.3) is 22.2 Å². The molecule has 0 aliphatic carbocycles. The fourth-order valence-electron chi connectivity index (χ4n) is 2.32. The molecule has 6 nitrogen and oxygen atoms in total. The zero-order valence-electron chi connectivity index (χ0n) is 11.6. The summed E-state index contributed by atoms with van der Waals surface area (Å²) in [7, 11) is 1.45. The van der Waals surface area contributed by atoms with Crippen LogP contribution in [-0.4, -0.2) is 23.2 Å². The Morgan fingerprint density at radius 1 is 1.33 bits per heavy atom. The van der Waals surface area contributed by atoms with E-state index < -0.39 is 5.91 Å². The maximum absolute atomic E-state index is 11.9. The number of aromatic nitrogens is 2. The smallest absolute Gasteiger partial charge is 0.254 e. The Hall–Kier alpha value is -2.89. The molecule has 0 saturated heterocycles. The highest BCUT2D eigenvalue weighted by Gasteiger charge is 2.23. The lowest BCUT2D eigenvalue weighted by atomic mass is 9.99. The number of fused-ring (bicyclic) bond motifs is 1. The summed E-state index contributed by atoms with van der Waals surface area (Å²) in [6.45, 7) is 1.78. The number of nitrogens with zero attached hydrogens (tertiary/aromatic N) is 2. The predicted octanol–water partition coefficient (Wildman–Crippen LogP) is 2.31. The molecule has 0 bridgehead atoms. The van der Waals surface area contributed by atoms with Crippen molar-refractivity contribution >= 4 is 16.8 Å². The van der Waals surface area contributed by atoms with Gasteiger partial charge in [0.25, 0.3) is 5.91 Å². The SMILES string of the molecule is COc1nc2ccccc2c(-c2cc(C)on2)c1C(N)=O. The molecule has 0 aliphatic heterocycles. The van der Waals surface area contributed by atoms with Crippen molar-refractivity contribution in [1.29, 1.82) is 0 Å². The summed E-state index contributed by atoms with van der Waals surface area (Å²) in [5.74, 6) is 0.192. The molecule has 0 radical (unpaired) electrons. The number of rotatable bonds is 3. The fraction of sp³-hybridized carbons (Fsp3) is 0.133. The van der Waals surface area contributed by atoms with Gasteiger partial charge in [0.15, 0.2) is 0 Å². The number of benzene rings is 1. The molecule has 2 N–H and O–H groups in total. The van der Waals surface area contributed by atoms with Crippen LogP contribution in [0.4, 0.5) is 0 Å². The molecule has 0 aliphatic rings. The van der Waals surface area contributed by atoms with Crippen LogP contribution in [-0.2, 0) is 0 Å². The second-order valence-electron chi connectivity index (χ2n) is 4.58. The Bertz CT molecular complexity index is 839. The van der Waals surface area contributed by atoms with Gasteiger partial charge in [-0.15, -0.1) is 0 Å². The third-order valence-electron chi connectivity index (χ3n) is 3.18. The quantitative estimate of drug-likeness (QED) is 0.796. The molecule has 0 unspecified atom stereocenters. The first-order chi connectivity index (χ1) is 10.1. The maximum Gasteiger partial charge on any atom is 0.254 e. The number of aryl methyl sites for hydroxylation is 1.